The molecule has 0 atom stereocenters. The smallest absolute Gasteiger partial charge is 0.316 e. The standard InChI is InChI=1S/C17H17FIN3O2/c18-12-9-20-17(21-10-12)24-15-7-5-14(6-8-15)22-16(23)11-1-3-13(19)4-2-11/h1-4,9-10,14-15H,5-8H2,(H,22,23). The molecule has 5 nitrogen and oxygen atoms in total. The van der Waals surface area contributed by atoms with E-state index in [4.69, 9.17) is 4.74 Å². The Morgan fingerprint density at radius 2 is 1.75 bits per heavy atom. The maximum atomic E-state index is 12.8. The lowest BCUT2D eigenvalue weighted by molar-refractivity contribution is 0.0885. The maximum absolute atomic E-state index is 12.8. The summed E-state index contributed by atoms with van der Waals surface area (Å²) in [5.74, 6) is -0.526. The highest BCUT2D eigenvalue weighted by Gasteiger charge is 2.24. The van der Waals surface area contributed by atoms with Gasteiger partial charge in [0.1, 0.15) is 6.10 Å². The van der Waals surface area contributed by atoms with Gasteiger partial charge in [-0.15, -0.1) is 0 Å². The van der Waals surface area contributed by atoms with Crippen LogP contribution in [0.15, 0.2) is 36.7 Å². The minimum atomic E-state index is -0.482. The van der Waals surface area contributed by atoms with Crippen LogP contribution in [0.4, 0.5) is 4.39 Å². The summed E-state index contributed by atoms with van der Waals surface area (Å²) in [6.07, 6.45) is 5.47. The first kappa shape index (κ1) is 17.1. The third kappa shape index (κ3) is 4.62. The molecule has 2 aromatic rings. The Kier molecular flexibility index (Phi) is 5.60. The number of amides is 1. The zero-order chi connectivity index (χ0) is 16.9. The van der Waals surface area contributed by atoms with Crippen molar-refractivity contribution in [1.82, 2.24) is 15.3 Å². The van der Waals surface area contributed by atoms with Crippen molar-refractivity contribution in [2.75, 3.05) is 0 Å². The van der Waals surface area contributed by atoms with Crippen LogP contribution in [0.5, 0.6) is 6.01 Å². The molecule has 3 rings (SSSR count). The zero-order valence-corrected chi connectivity index (χ0v) is 15.1. The van der Waals surface area contributed by atoms with Crippen LogP contribution in [-0.4, -0.2) is 28.0 Å². The Bertz CT molecular complexity index is 686. The summed E-state index contributed by atoms with van der Waals surface area (Å²) in [7, 11) is 0. The second kappa shape index (κ2) is 7.87. The fourth-order valence-corrected chi connectivity index (χ4v) is 3.06. The highest BCUT2D eigenvalue weighted by atomic mass is 127. The van der Waals surface area contributed by atoms with Crippen LogP contribution in [-0.2, 0) is 0 Å². The van der Waals surface area contributed by atoms with Crippen molar-refractivity contribution in [3.05, 3.63) is 51.6 Å². The average molecular weight is 441 g/mol. The van der Waals surface area contributed by atoms with Crippen LogP contribution in [0.3, 0.4) is 0 Å². The molecule has 1 N–H and O–H groups in total. The highest BCUT2D eigenvalue weighted by Crippen LogP contribution is 2.22. The summed E-state index contributed by atoms with van der Waals surface area (Å²) in [6, 6.07) is 7.84. The Morgan fingerprint density at radius 1 is 1.12 bits per heavy atom. The molecule has 0 saturated heterocycles. The van der Waals surface area contributed by atoms with E-state index < -0.39 is 5.82 Å². The number of carbonyl (C=O) groups excluding carboxylic acids is 1. The molecule has 1 aromatic heterocycles. The predicted molar refractivity (Wildman–Crippen MR) is 95.3 cm³/mol. The average Bonchev–Trinajstić information content (AvgIpc) is 2.59. The third-order valence-corrected chi connectivity index (χ3v) is 4.70. The van der Waals surface area contributed by atoms with Crippen LogP contribution in [0.2, 0.25) is 0 Å². The van der Waals surface area contributed by atoms with E-state index in [1.165, 1.54) is 0 Å². The molecular formula is C17H17FIN3O2. The summed E-state index contributed by atoms with van der Waals surface area (Å²) in [6.45, 7) is 0. The summed E-state index contributed by atoms with van der Waals surface area (Å²) < 4.78 is 19.5. The molecule has 1 aliphatic carbocycles. The molecule has 1 aliphatic rings. The second-order valence-electron chi connectivity index (χ2n) is 5.76. The lowest BCUT2D eigenvalue weighted by Gasteiger charge is -2.28. The van der Waals surface area contributed by atoms with E-state index in [1.54, 1.807) is 0 Å². The molecule has 1 saturated carbocycles. The van der Waals surface area contributed by atoms with Crippen molar-refractivity contribution in [2.24, 2.45) is 0 Å². The number of halogens is 2. The number of hydrogen-bond donors (Lipinski definition) is 1. The lowest BCUT2D eigenvalue weighted by atomic mass is 9.92. The van der Waals surface area contributed by atoms with E-state index in [-0.39, 0.29) is 24.1 Å². The van der Waals surface area contributed by atoms with Gasteiger partial charge < -0.3 is 10.1 Å². The first-order valence-electron chi connectivity index (χ1n) is 7.81. The van der Waals surface area contributed by atoms with Crippen molar-refractivity contribution in [3.8, 4) is 6.01 Å². The van der Waals surface area contributed by atoms with E-state index in [0.29, 0.717) is 5.56 Å². The quantitative estimate of drug-likeness (QED) is 0.740. The van der Waals surface area contributed by atoms with Gasteiger partial charge in [-0.05, 0) is 72.5 Å². The fraction of sp³-hybridized carbons (Fsp3) is 0.353. The van der Waals surface area contributed by atoms with E-state index in [2.05, 4.69) is 37.9 Å². The molecule has 1 amide bonds. The van der Waals surface area contributed by atoms with E-state index in [1.807, 2.05) is 24.3 Å². The number of aromatic nitrogens is 2. The Balaban J connectivity index is 1.47. The van der Waals surface area contributed by atoms with Crippen molar-refractivity contribution in [3.63, 3.8) is 0 Å². The highest BCUT2D eigenvalue weighted by molar-refractivity contribution is 14.1. The molecule has 1 fully saturated rings. The first-order chi connectivity index (χ1) is 11.6. The predicted octanol–water partition coefficient (Wildman–Crippen LogP) is 3.34. The van der Waals surface area contributed by atoms with Gasteiger partial charge in [-0.25, -0.2) is 14.4 Å². The van der Waals surface area contributed by atoms with Gasteiger partial charge in [0.15, 0.2) is 5.82 Å². The van der Waals surface area contributed by atoms with Gasteiger partial charge in [-0.1, -0.05) is 0 Å². The van der Waals surface area contributed by atoms with E-state index in [9.17, 15) is 9.18 Å². The van der Waals surface area contributed by atoms with Crippen LogP contribution in [0.1, 0.15) is 36.0 Å². The molecule has 126 valence electrons. The minimum absolute atomic E-state index is 0.00178. The van der Waals surface area contributed by atoms with Gasteiger partial charge in [0, 0.05) is 15.2 Å². The maximum Gasteiger partial charge on any atom is 0.316 e. The SMILES string of the molecule is O=C(NC1CCC(Oc2ncc(F)cn2)CC1)c1ccc(I)cc1. The topological polar surface area (TPSA) is 64.1 Å². The molecule has 0 spiro atoms. The van der Waals surface area contributed by atoms with Crippen LogP contribution in [0.25, 0.3) is 0 Å². The van der Waals surface area contributed by atoms with Gasteiger partial charge >= 0.3 is 6.01 Å². The number of ether oxygens (including phenoxy) is 1. The van der Waals surface area contributed by atoms with Crippen molar-refractivity contribution in [1.29, 1.82) is 0 Å². The fourth-order valence-electron chi connectivity index (χ4n) is 2.71. The summed E-state index contributed by atoms with van der Waals surface area (Å²) >= 11 is 2.21. The molecule has 0 bridgehead atoms. The van der Waals surface area contributed by atoms with Crippen molar-refractivity contribution in [2.45, 2.75) is 37.8 Å². The Morgan fingerprint density at radius 3 is 2.38 bits per heavy atom. The number of benzene rings is 1. The van der Waals surface area contributed by atoms with E-state index in [0.717, 1.165) is 41.6 Å². The van der Waals surface area contributed by atoms with Crippen LogP contribution in [0, 0.1) is 9.39 Å². The van der Waals surface area contributed by atoms with Crippen molar-refractivity contribution >= 4 is 28.5 Å². The monoisotopic (exact) mass is 441 g/mol. The normalized spacial score (nSPS) is 20.4. The molecule has 1 aromatic carbocycles. The Labute approximate surface area is 153 Å². The molecule has 0 aliphatic heterocycles. The summed E-state index contributed by atoms with van der Waals surface area (Å²) in [5.41, 5.74) is 0.675. The van der Waals surface area contributed by atoms with E-state index >= 15 is 0 Å². The first-order valence-corrected chi connectivity index (χ1v) is 8.88. The van der Waals surface area contributed by atoms with Crippen LogP contribution >= 0.6 is 22.6 Å². The van der Waals surface area contributed by atoms with Gasteiger partial charge in [-0.2, -0.15) is 0 Å². The number of nitrogens with zero attached hydrogens (tertiary/aromatic N) is 2. The Hall–Kier alpha value is -1.77. The van der Waals surface area contributed by atoms with Gasteiger partial charge in [0.25, 0.3) is 5.91 Å². The largest absolute Gasteiger partial charge is 0.460 e. The summed E-state index contributed by atoms with van der Waals surface area (Å²) in [4.78, 5) is 19.8. The number of nitrogens with one attached hydrogen (secondary N) is 1. The number of rotatable bonds is 4. The molecular weight excluding hydrogens is 424 g/mol. The van der Waals surface area contributed by atoms with Crippen molar-refractivity contribution < 1.29 is 13.9 Å². The molecule has 24 heavy (non-hydrogen) atoms. The molecule has 1 heterocycles. The molecule has 7 heteroatoms. The van der Waals surface area contributed by atoms with Gasteiger partial charge in [-0.3, -0.25) is 4.79 Å². The number of hydrogen-bond acceptors (Lipinski definition) is 4. The van der Waals surface area contributed by atoms with Crippen LogP contribution < -0.4 is 10.1 Å². The number of carbonyl (C=O) groups is 1. The summed E-state index contributed by atoms with van der Waals surface area (Å²) in [5, 5.41) is 3.07. The van der Waals surface area contributed by atoms with Gasteiger partial charge in [0.2, 0.25) is 0 Å². The molecule has 0 radical (unpaired) electrons. The minimum Gasteiger partial charge on any atom is -0.460 e. The van der Waals surface area contributed by atoms with Gasteiger partial charge in [0.05, 0.1) is 12.4 Å². The third-order valence-electron chi connectivity index (χ3n) is 3.98. The second-order valence-corrected chi connectivity index (χ2v) is 7.00. The molecule has 0 unspecified atom stereocenters. The lowest BCUT2D eigenvalue weighted by Crippen LogP contribution is -2.39. The zero-order valence-electron chi connectivity index (χ0n) is 12.9.